The quantitative estimate of drug-likeness (QED) is 0.650. The lowest BCUT2D eigenvalue weighted by molar-refractivity contribution is -0.0650. The number of hydrogen-bond donors (Lipinski definition) is 1. The molecule has 1 aromatic heterocycles. The number of nitrogens with two attached hydrogens (primary N) is 1. The highest BCUT2D eigenvalue weighted by molar-refractivity contribution is 5.95. The van der Waals surface area contributed by atoms with E-state index >= 15 is 0 Å². The highest BCUT2D eigenvalue weighted by atomic mass is 16.6. The second-order valence-corrected chi connectivity index (χ2v) is 8.60. The van der Waals surface area contributed by atoms with E-state index in [1.165, 1.54) is 6.07 Å². The summed E-state index contributed by atoms with van der Waals surface area (Å²) >= 11 is 0. The number of rotatable bonds is 7. The van der Waals surface area contributed by atoms with E-state index in [9.17, 15) is 14.9 Å². The number of nitriles is 1. The molecular weight excluding hydrogens is 400 g/mol. The number of nitrogen functional groups attached to an aromatic ring is 1. The van der Waals surface area contributed by atoms with Crippen molar-refractivity contribution in [2.75, 3.05) is 32.5 Å². The Bertz CT molecular complexity index is 849. The minimum atomic E-state index is -0.546. The van der Waals surface area contributed by atoms with Crippen LogP contribution in [0.5, 0.6) is 5.88 Å². The molecule has 2 heterocycles. The zero-order valence-electron chi connectivity index (χ0n) is 19.0. The second-order valence-electron chi connectivity index (χ2n) is 8.60. The summed E-state index contributed by atoms with van der Waals surface area (Å²) in [5.74, 6) is -0.136. The number of Topliss-reactive ketones (excluding diaryl/α,β-unsaturated/α-hetero) is 1. The van der Waals surface area contributed by atoms with Gasteiger partial charge in [-0.25, -0.2) is 9.78 Å². The molecule has 1 amide bonds. The molecule has 0 aromatic carbocycles. The number of nitrogens with zero attached hydrogens (tertiary/aromatic N) is 3. The summed E-state index contributed by atoms with van der Waals surface area (Å²) in [7, 11) is 1.62. The Morgan fingerprint density at radius 3 is 2.48 bits per heavy atom. The molecule has 31 heavy (non-hydrogen) atoms. The van der Waals surface area contributed by atoms with Crippen LogP contribution >= 0.6 is 0 Å². The van der Waals surface area contributed by atoms with Crippen LogP contribution in [0.3, 0.4) is 0 Å². The third kappa shape index (κ3) is 6.31. The number of aromatic nitrogens is 1. The highest BCUT2D eigenvalue weighted by Gasteiger charge is 2.37. The van der Waals surface area contributed by atoms with Crippen LogP contribution in [0.1, 0.15) is 69.4 Å². The zero-order chi connectivity index (χ0) is 23.2. The van der Waals surface area contributed by atoms with E-state index in [0.717, 1.165) is 0 Å². The van der Waals surface area contributed by atoms with Crippen LogP contribution in [0.25, 0.3) is 0 Å². The molecule has 0 bridgehead atoms. The second kappa shape index (κ2) is 9.96. The first-order valence-corrected chi connectivity index (χ1v) is 10.4. The van der Waals surface area contributed by atoms with E-state index in [0.29, 0.717) is 39.0 Å². The Kier molecular flexibility index (Phi) is 7.85. The summed E-state index contributed by atoms with van der Waals surface area (Å²) in [4.78, 5) is 30.9. The Morgan fingerprint density at radius 2 is 1.97 bits per heavy atom. The van der Waals surface area contributed by atoms with Crippen molar-refractivity contribution in [2.45, 2.75) is 64.6 Å². The highest BCUT2D eigenvalue weighted by Crippen LogP contribution is 2.32. The van der Waals surface area contributed by atoms with Gasteiger partial charge in [0.05, 0.1) is 17.9 Å². The predicted molar refractivity (Wildman–Crippen MR) is 115 cm³/mol. The molecule has 9 nitrogen and oxygen atoms in total. The third-order valence-electron chi connectivity index (χ3n) is 5.26. The van der Waals surface area contributed by atoms with Crippen molar-refractivity contribution in [1.29, 1.82) is 5.26 Å². The molecule has 1 aliphatic heterocycles. The Hall–Kier alpha value is -2.86. The first kappa shape index (κ1) is 24.4. The molecular formula is C22H32N4O5. The maximum Gasteiger partial charge on any atom is 0.410 e. The predicted octanol–water partition coefficient (Wildman–Crippen LogP) is 3.31. The SMILES string of the molecule is CCOc1nc(C(=O)CCC2(OC)CCN(C(=O)OC(C)(C)C)CC2)cc(N)c1C#N. The van der Waals surface area contributed by atoms with Gasteiger partial charge in [-0.15, -0.1) is 0 Å². The van der Waals surface area contributed by atoms with Crippen molar-refractivity contribution in [3.05, 3.63) is 17.3 Å². The van der Waals surface area contributed by atoms with Crippen molar-refractivity contribution in [3.63, 3.8) is 0 Å². The van der Waals surface area contributed by atoms with E-state index in [4.69, 9.17) is 19.9 Å². The Labute approximate surface area is 183 Å². The van der Waals surface area contributed by atoms with Crippen LogP contribution in [0.4, 0.5) is 10.5 Å². The molecule has 2 rings (SSSR count). The molecule has 0 unspecified atom stereocenters. The van der Waals surface area contributed by atoms with Crippen molar-refractivity contribution in [1.82, 2.24) is 9.88 Å². The van der Waals surface area contributed by atoms with Gasteiger partial charge in [0.2, 0.25) is 5.88 Å². The Morgan fingerprint density at radius 1 is 1.32 bits per heavy atom. The van der Waals surface area contributed by atoms with Crippen LogP contribution in [0.2, 0.25) is 0 Å². The number of amides is 1. The minimum absolute atomic E-state index is 0.0699. The van der Waals surface area contributed by atoms with Gasteiger partial charge in [0.1, 0.15) is 22.9 Å². The summed E-state index contributed by atoms with van der Waals surface area (Å²) in [6, 6.07) is 3.37. The normalized spacial score (nSPS) is 15.8. The summed E-state index contributed by atoms with van der Waals surface area (Å²) in [6.45, 7) is 8.56. The standard InChI is InChI=1S/C22H32N4O5/c1-6-30-19-15(14-23)16(24)13-17(25-19)18(27)7-8-22(29-5)9-11-26(12-10-22)20(28)31-21(2,3)4/h13H,6-12H2,1-5H3,(H2,24,25). The number of pyridine rings is 1. The smallest absolute Gasteiger partial charge is 0.410 e. The summed E-state index contributed by atoms with van der Waals surface area (Å²) < 4.78 is 16.6. The maximum atomic E-state index is 12.8. The third-order valence-corrected chi connectivity index (χ3v) is 5.26. The van der Waals surface area contributed by atoms with E-state index in [-0.39, 0.29) is 41.1 Å². The Balaban J connectivity index is 2.02. The van der Waals surface area contributed by atoms with Crippen LogP contribution in [-0.2, 0) is 9.47 Å². The average Bonchev–Trinajstić information content (AvgIpc) is 2.71. The van der Waals surface area contributed by atoms with Gasteiger partial charge in [0.15, 0.2) is 5.78 Å². The van der Waals surface area contributed by atoms with Crippen LogP contribution < -0.4 is 10.5 Å². The van der Waals surface area contributed by atoms with Gasteiger partial charge in [0, 0.05) is 26.6 Å². The number of ketones is 1. The number of likely N-dealkylation sites (tertiary alicyclic amines) is 1. The van der Waals surface area contributed by atoms with Crippen molar-refractivity contribution in [3.8, 4) is 11.9 Å². The zero-order valence-corrected chi connectivity index (χ0v) is 19.0. The first-order chi connectivity index (χ1) is 14.5. The number of carbonyl (C=O) groups is 2. The van der Waals surface area contributed by atoms with Crippen molar-refractivity contribution >= 4 is 17.6 Å². The molecule has 1 fully saturated rings. The fourth-order valence-corrected chi connectivity index (χ4v) is 3.49. The van der Waals surface area contributed by atoms with Crippen molar-refractivity contribution in [2.24, 2.45) is 0 Å². The van der Waals surface area contributed by atoms with Gasteiger partial charge in [-0.2, -0.15) is 5.26 Å². The summed E-state index contributed by atoms with van der Waals surface area (Å²) in [6.07, 6.45) is 1.54. The van der Waals surface area contributed by atoms with E-state index in [2.05, 4.69) is 4.98 Å². The van der Waals surface area contributed by atoms with Gasteiger partial charge >= 0.3 is 6.09 Å². The average molecular weight is 433 g/mol. The van der Waals surface area contributed by atoms with Crippen LogP contribution in [0, 0.1) is 11.3 Å². The molecule has 1 aromatic rings. The molecule has 0 aliphatic carbocycles. The van der Waals surface area contributed by atoms with E-state index in [1.807, 2.05) is 26.8 Å². The largest absolute Gasteiger partial charge is 0.477 e. The molecule has 2 N–H and O–H groups in total. The number of anilines is 1. The fraction of sp³-hybridized carbons (Fsp3) is 0.636. The van der Waals surface area contributed by atoms with Gasteiger partial charge in [-0.05, 0) is 53.0 Å². The van der Waals surface area contributed by atoms with Crippen LogP contribution in [-0.4, -0.2) is 59.8 Å². The topological polar surface area (TPSA) is 128 Å². The lowest BCUT2D eigenvalue weighted by Crippen LogP contribution is -2.49. The van der Waals surface area contributed by atoms with Crippen molar-refractivity contribution < 1.29 is 23.8 Å². The number of methoxy groups -OCH3 is 1. The molecule has 0 saturated carbocycles. The van der Waals surface area contributed by atoms with Gasteiger partial charge in [0.25, 0.3) is 0 Å². The molecule has 0 radical (unpaired) electrons. The van der Waals surface area contributed by atoms with Gasteiger partial charge < -0.3 is 24.8 Å². The number of ether oxygens (including phenoxy) is 3. The lowest BCUT2D eigenvalue weighted by atomic mass is 9.85. The lowest BCUT2D eigenvalue weighted by Gasteiger charge is -2.41. The van der Waals surface area contributed by atoms with Gasteiger partial charge in [-0.1, -0.05) is 0 Å². The first-order valence-electron chi connectivity index (χ1n) is 10.4. The molecule has 170 valence electrons. The van der Waals surface area contributed by atoms with E-state index < -0.39 is 11.2 Å². The maximum absolute atomic E-state index is 12.8. The molecule has 0 atom stereocenters. The fourth-order valence-electron chi connectivity index (χ4n) is 3.49. The number of hydrogen-bond acceptors (Lipinski definition) is 8. The summed E-state index contributed by atoms with van der Waals surface area (Å²) in [5, 5.41) is 9.23. The monoisotopic (exact) mass is 432 g/mol. The number of piperidine rings is 1. The van der Waals surface area contributed by atoms with E-state index in [1.54, 1.807) is 18.9 Å². The van der Waals surface area contributed by atoms with Crippen LogP contribution in [0.15, 0.2) is 6.07 Å². The minimum Gasteiger partial charge on any atom is -0.477 e. The molecule has 1 saturated heterocycles. The van der Waals surface area contributed by atoms with Gasteiger partial charge in [-0.3, -0.25) is 4.79 Å². The molecule has 0 spiro atoms. The molecule has 9 heteroatoms. The summed E-state index contributed by atoms with van der Waals surface area (Å²) in [5.41, 5.74) is 5.31. The number of carbonyl (C=O) groups excluding carboxylic acids is 2. The molecule has 1 aliphatic rings.